The smallest absolute Gasteiger partial charge is 0.191 e. The molecule has 2 heterocycles. The minimum absolute atomic E-state index is 0. The molecule has 0 aromatic heterocycles. The summed E-state index contributed by atoms with van der Waals surface area (Å²) in [6.45, 7) is 14.6. The van der Waals surface area contributed by atoms with E-state index in [0.29, 0.717) is 18.0 Å². The summed E-state index contributed by atoms with van der Waals surface area (Å²) in [5, 5.41) is 7.17. The van der Waals surface area contributed by atoms with Crippen LogP contribution < -0.4 is 10.6 Å². The topological polar surface area (TPSA) is 52.1 Å². The average molecular weight is 515 g/mol. The minimum Gasteiger partial charge on any atom is -0.379 e. The van der Waals surface area contributed by atoms with Crippen molar-refractivity contribution in [3.63, 3.8) is 0 Å². The van der Waals surface area contributed by atoms with E-state index in [1.165, 1.54) is 11.1 Å². The zero-order valence-corrected chi connectivity index (χ0v) is 20.7. The number of benzene rings is 1. The predicted octanol–water partition coefficient (Wildman–Crippen LogP) is 2.53. The Morgan fingerprint density at radius 3 is 2.48 bits per heavy atom. The van der Waals surface area contributed by atoms with Gasteiger partial charge in [0, 0.05) is 58.4 Å². The van der Waals surface area contributed by atoms with Crippen molar-refractivity contribution in [2.24, 2.45) is 10.9 Å². The first-order valence-corrected chi connectivity index (χ1v) is 10.6. The van der Waals surface area contributed by atoms with Gasteiger partial charge >= 0.3 is 0 Å². The highest BCUT2D eigenvalue weighted by atomic mass is 127. The molecule has 6 nitrogen and oxygen atoms in total. The second kappa shape index (κ2) is 12.1. The molecule has 0 bridgehead atoms. The normalized spacial score (nSPS) is 23.8. The number of likely N-dealkylation sites (tertiary alicyclic amines) is 1. The predicted molar refractivity (Wildman–Crippen MR) is 131 cm³/mol. The van der Waals surface area contributed by atoms with Crippen molar-refractivity contribution in [2.45, 2.75) is 45.9 Å². The Bertz CT molecular complexity index is 648. The molecule has 2 N–H and O–H groups in total. The summed E-state index contributed by atoms with van der Waals surface area (Å²) in [7, 11) is 1.86. The van der Waals surface area contributed by atoms with E-state index < -0.39 is 0 Å². The van der Waals surface area contributed by atoms with Crippen LogP contribution in [0.2, 0.25) is 0 Å². The van der Waals surface area contributed by atoms with Crippen LogP contribution >= 0.6 is 24.0 Å². The van der Waals surface area contributed by atoms with E-state index in [4.69, 9.17) is 4.74 Å². The quantitative estimate of drug-likeness (QED) is 0.347. The van der Waals surface area contributed by atoms with E-state index in [0.717, 1.165) is 58.4 Å². The molecule has 2 saturated heterocycles. The molecular weight excluding hydrogens is 477 g/mol. The molecule has 0 radical (unpaired) electrons. The minimum atomic E-state index is 0. The van der Waals surface area contributed by atoms with Crippen molar-refractivity contribution >= 4 is 29.9 Å². The van der Waals surface area contributed by atoms with E-state index in [1.807, 2.05) is 7.05 Å². The van der Waals surface area contributed by atoms with Gasteiger partial charge in [0.15, 0.2) is 5.96 Å². The third-order valence-corrected chi connectivity index (χ3v) is 5.98. The molecule has 164 valence electrons. The number of rotatable bonds is 6. The summed E-state index contributed by atoms with van der Waals surface area (Å²) in [5.41, 5.74) is 2.72. The summed E-state index contributed by atoms with van der Waals surface area (Å²) in [5.74, 6) is 1.51. The molecule has 2 unspecified atom stereocenters. The Hall–Kier alpha value is -0.900. The fourth-order valence-electron chi connectivity index (χ4n) is 4.05. The van der Waals surface area contributed by atoms with Gasteiger partial charge < -0.3 is 15.4 Å². The van der Waals surface area contributed by atoms with Crippen LogP contribution in [-0.4, -0.2) is 74.3 Å². The number of aliphatic imine (C=N–C) groups is 1. The number of morpholine rings is 1. The summed E-state index contributed by atoms with van der Waals surface area (Å²) >= 11 is 0. The maximum absolute atomic E-state index is 5.47. The van der Waals surface area contributed by atoms with Crippen molar-refractivity contribution in [2.75, 3.05) is 46.4 Å². The van der Waals surface area contributed by atoms with Gasteiger partial charge in [-0.2, -0.15) is 0 Å². The van der Waals surface area contributed by atoms with Crippen molar-refractivity contribution < 1.29 is 4.74 Å². The molecule has 2 aliphatic rings. The van der Waals surface area contributed by atoms with Gasteiger partial charge in [-0.05, 0) is 30.9 Å². The Morgan fingerprint density at radius 1 is 1.17 bits per heavy atom. The highest BCUT2D eigenvalue weighted by Crippen LogP contribution is 2.18. The molecule has 1 aromatic carbocycles. The molecule has 1 aromatic rings. The molecule has 29 heavy (non-hydrogen) atoms. The summed E-state index contributed by atoms with van der Waals surface area (Å²) in [6, 6.07) is 9.74. The van der Waals surface area contributed by atoms with E-state index in [2.05, 4.69) is 70.5 Å². The lowest BCUT2D eigenvalue weighted by atomic mass is 10.1. The van der Waals surface area contributed by atoms with Crippen LogP contribution in [-0.2, 0) is 17.8 Å². The third kappa shape index (κ3) is 7.08. The molecule has 0 spiro atoms. The molecule has 0 saturated carbocycles. The van der Waals surface area contributed by atoms with Crippen LogP contribution in [0.1, 0.15) is 31.9 Å². The summed E-state index contributed by atoms with van der Waals surface area (Å²) in [4.78, 5) is 9.47. The van der Waals surface area contributed by atoms with Crippen molar-refractivity contribution in [3.05, 3.63) is 35.4 Å². The first-order valence-electron chi connectivity index (χ1n) is 10.6. The van der Waals surface area contributed by atoms with Crippen LogP contribution in [0.3, 0.4) is 0 Å². The second-order valence-corrected chi connectivity index (χ2v) is 8.36. The number of guanidine groups is 1. The van der Waals surface area contributed by atoms with Crippen molar-refractivity contribution in [1.29, 1.82) is 0 Å². The van der Waals surface area contributed by atoms with Gasteiger partial charge in [0.2, 0.25) is 0 Å². The number of hydrogen-bond donors (Lipinski definition) is 2. The van der Waals surface area contributed by atoms with Crippen LogP contribution in [0.15, 0.2) is 29.3 Å². The van der Waals surface area contributed by atoms with Crippen LogP contribution in [0.5, 0.6) is 0 Å². The first kappa shape index (κ1) is 24.4. The average Bonchev–Trinajstić information content (AvgIpc) is 3.07. The highest BCUT2D eigenvalue weighted by molar-refractivity contribution is 14.0. The van der Waals surface area contributed by atoms with Gasteiger partial charge in [-0.25, -0.2) is 0 Å². The van der Waals surface area contributed by atoms with Gasteiger partial charge in [0.25, 0.3) is 0 Å². The Labute approximate surface area is 193 Å². The van der Waals surface area contributed by atoms with Gasteiger partial charge in [-0.3, -0.25) is 14.8 Å². The molecule has 0 amide bonds. The maximum atomic E-state index is 5.47. The fraction of sp³-hybridized carbons (Fsp3) is 0.682. The van der Waals surface area contributed by atoms with Crippen molar-refractivity contribution in [3.8, 4) is 0 Å². The largest absolute Gasteiger partial charge is 0.379 e. The van der Waals surface area contributed by atoms with Gasteiger partial charge in [-0.1, -0.05) is 31.2 Å². The highest BCUT2D eigenvalue weighted by Gasteiger charge is 2.31. The molecule has 0 aliphatic carbocycles. The van der Waals surface area contributed by atoms with E-state index in [-0.39, 0.29) is 24.0 Å². The van der Waals surface area contributed by atoms with Gasteiger partial charge in [0.1, 0.15) is 0 Å². The monoisotopic (exact) mass is 515 g/mol. The van der Waals surface area contributed by atoms with Gasteiger partial charge in [-0.15, -0.1) is 24.0 Å². The number of nitrogens with zero attached hydrogens (tertiary/aromatic N) is 3. The van der Waals surface area contributed by atoms with E-state index in [9.17, 15) is 0 Å². The standard InChI is InChI=1S/C22H37N5O.HI/c1-17(2)27-14-18(3)21(16-27)25-22(23-4)24-13-19-7-5-6-8-20(19)15-26-9-11-28-12-10-26;/h5-8,17-18,21H,9-16H2,1-4H3,(H2,23,24,25);1H. The number of halogens is 1. The Morgan fingerprint density at radius 2 is 1.86 bits per heavy atom. The molecule has 2 aliphatic heterocycles. The second-order valence-electron chi connectivity index (χ2n) is 8.36. The van der Waals surface area contributed by atoms with E-state index >= 15 is 0 Å². The molecular formula is C22H38IN5O. The van der Waals surface area contributed by atoms with Crippen LogP contribution in [0.25, 0.3) is 0 Å². The maximum Gasteiger partial charge on any atom is 0.191 e. The first-order chi connectivity index (χ1) is 13.6. The Kier molecular flexibility index (Phi) is 10.1. The zero-order chi connectivity index (χ0) is 19.9. The SMILES string of the molecule is CN=C(NCc1ccccc1CN1CCOCC1)NC1CN(C(C)C)CC1C.I. The zero-order valence-electron chi connectivity index (χ0n) is 18.4. The lowest BCUT2D eigenvalue weighted by molar-refractivity contribution is 0.0341. The number of nitrogens with one attached hydrogen (secondary N) is 2. The molecule has 2 atom stereocenters. The summed E-state index contributed by atoms with van der Waals surface area (Å²) in [6.07, 6.45) is 0. The third-order valence-electron chi connectivity index (χ3n) is 5.98. The molecule has 7 heteroatoms. The van der Waals surface area contributed by atoms with Crippen LogP contribution in [0, 0.1) is 5.92 Å². The summed E-state index contributed by atoms with van der Waals surface area (Å²) < 4.78 is 5.47. The fourth-order valence-corrected chi connectivity index (χ4v) is 4.05. The number of hydrogen-bond acceptors (Lipinski definition) is 4. The number of ether oxygens (including phenoxy) is 1. The lowest BCUT2D eigenvalue weighted by Crippen LogP contribution is -2.46. The Balaban J connectivity index is 0.00000300. The molecule has 3 rings (SSSR count). The molecule has 2 fully saturated rings. The van der Waals surface area contributed by atoms with Crippen LogP contribution in [0.4, 0.5) is 0 Å². The lowest BCUT2D eigenvalue weighted by Gasteiger charge is -2.27. The van der Waals surface area contributed by atoms with Gasteiger partial charge in [0.05, 0.1) is 13.2 Å². The van der Waals surface area contributed by atoms with E-state index in [1.54, 1.807) is 0 Å². The van der Waals surface area contributed by atoms with Crippen molar-refractivity contribution in [1.82, 2.24) is 20.4 Å².